The van der Waals surface area contributed by atoms with Crippen LogP contribution in [0.3, 0.4) is 0 Å². The zero-order chi connectivity index (χ0) is 23.9. The molecule has 1 saturated heterocycles. The normalized spacial score (nSPS) is 43.9. The van der Waals surface area contributed by atoms with E-state index < -0.39 is 11.2 Å². The monoisotopic (exact) mass is 467 g/mol. The molecule has 4 bridgehead atoms. The van der Waals surface area contributed by atoms with E-state index in [1.54, 1.807) is 0 Å². The predicted molar refractivity (Wildman–Crippen MR) is 130 cm³/mol. The molecule has 2 aliphatic heterocycles. The number of benzene rings is 1. The lowest BCUT2D eigenvalue weighted by Gasteiger charge is -2.75. The third-order valence-corrected chi connectivity index (χ3v) is 11.9. The van der Waals surface area contributed by atoms with Gasteiger partial charge in [-0.15, -0.1) is 0 Å². The van der Waals surface area contributed by atoms with Crippen LogP contribution in [0.15, 0.2) is 12.1 Å². The lowest BCUT2D eigenvalue weighted by atomic mass is 9.33. The largest absolute Gasteiger partial charge is 0.504 e. The van der Waals surface area contributed by atoms with Crippen molar-refractivity contribution in [3.05, 3.63) is 23.3 Å². The summed E-state index contributed by atoms with van der Waals surface area (Å²) in [4.78, 5) is 2.82. The molecular formula is C29H41NO4. The SMILES string of the molecule is COC12CCC3(C[C@@H]1C(C)(O)C(C)(C)C)[C@H]1Cc4ccc(O)c5c4[C@@]3(CCN1CC1CC1)C2O5. The van der Waals surface area contributed by atoms with E-state index in [1.807, 2.05) is 20.1 Å². The Morgan fingerprint density at radius 1 is 1.15 bits per heavy atom. The number of methoxy groups -OCH3 is 1. The number of hydrogen-bond acceptors (Lipinski definition) is 5. The van der Waals surface area contributed by atoms with Crippen molar-refractivity contribution in [1.29, 1.82) is 0 Å². The van der Waals surface area contributed by atoms with Crippen LogP contribution in [0.5, 0.6) is 11.5 Å². The number of likely N-dealkylation sites (tertiary alicyclic amines) is 1. The molecule has 5 fully saturated rings. The molecule has 5 heteroatoms. The van der Waals surface area contributed by atoms with E-state index in [0.29, 0.717) is 11.8 Å². The molecule has 1 aromatic carbocycles. The second-order valence-corrected chi connectivity index (χ2v) is 13.8. The first-order chi connectivity index (χ1) is 16.0. The molecular weight excluding hydrogens is 426 g/mol. The Hall–Kier alpha value is -1.30. The van der Waals surface area contributed by atoms with Gasteiger partial charge in [0, 0.05) is 42.0 Å². The number of rotatable bonds is 4. The summed E-state index contributed by atoms with van der Waals surface area (Å²) in [6, 6.07) is 4.46. The fourth-order valence-corrected chi connectivity index (χ4v) is 9.58. The summed E-state index contributed by atoms with van der Waals surface area (Å²) < 4.78 is 13.5. The number of hydrogen-bond donors (Lipinski definition) is 2. The molecule has 2 spiro atoms. The molecule has 0 amide bonds. The number of phenols is 1. The maximum atomic E-state index is 12.2. The number of phenolic OH excluding ortho intramolecular Hbond substituents is 1. The quantitative estimate of drug-likeness (QED) is 0.687. The van der Waals surface area contributed by atoms with Crippen LogP contribution in [-0.2, 0) is 16.6 Å². The van der Waals surface area contributed by atoms with E-state index in [-0.39, 0.29) is 34.0 Å². The standard InChI is InChI=1S/C29H41NO4/c1-25(2,3)26(4,32)20-15-27-10-11-29(20,33-5)24-28(27)12-13-30(16-17-6-7-17)21(27)14-18-8-9-19(31)23(34-24)22(18)28/h8-9,17,20-21,24,31-32H,6-7,10-16H2,1-5H3/t20-,21-,24?,26?,27?,28+,29?/m1/s1. The summed E-state index contributed by atoms with van der Waals surface area (Å²) in [5.74, 6) is 1.80. The molecule has 0 radical (unpaired) electrons. The number of aromatic hydroxyl groups is 1. The van der Waals surface area contributed by atoms with Crippen LogP contribution in [0.4, 0.5) is 0 Å². The van der Waals surface area contributed by atoms with Crippen LogP contribution < -0.4 is 4.74 Å². The number of piperidine rings is 1. The summed E-state index contributed by atoms with van der Waals surface area (Å²) in [5, 5.41) is 23.2. The van der Waals surface area contributed by atoms with Gasteiger partial charge in [0.1, 0.15) is 11.7 Å². The van der Waals surface area contributed by atoms with Gasteiger partial charge >= 0.3 is 0 Å². The van der Waals surface area contributed by atoms with Crippen molar-refractivity contribution in [2.24, 2.45) is 22.7 Å². The molecule has 1 aromatic rings. The van der Waals surface area contributed by atoms with Gasteiger partial charge in [0.2, 0.25) is 0 Å². The van der Waals surface area contributed by atoms with Crippen molar-refractivity contribution in [3.63, 3.8) is 0 Å². The zero-order valence-corrected chi connectivity index (χ0v) is 21.5. The van der Waals surface area contributed by atoms with E-state index in [9.17, 15) is 10.2 Å². The van der Waals surface area contributed by atoms with Gasteiger partial charge < -0.3 is 19.7 Å². The number of aliphatic hydroxyl groups is 1. The van der Waals surface area contributed by atoms with Gasteiger partial charge in [0.25, 0.3) is 0 Å². The fraction of sp³-hybridized carbons (Fsp3) is 0.793. The van der Waals surface area contributed by atoms with Crippen molar-refractivity contribution in [2.75, 3.05) is 20.2 Å². The molecule has 4 saturated carbocycles. The number of nitrogens with zero attached hydrogens (tertiary/aromatic N) is 1. The van der Waals surface area contributed by atoms with Crippen molar-refractivity contribution in [3.8, 4) is 11.5 Å². The second kappa shape index (κ2) is 6.33. The fourth-order valence-electron chi connectivity index (χ4n) is 9.58. The van der Waals surface area contributed by atoms with E-state index >= 15 is 0 Å². The van der Waals surface area contributed by atoms with Crippen LogP contribution in [0.2, 0.25) is 0 Å². The highest BCUT2D eigenvalue weighted by molar-refractivity contribution is 5.63. The second-order valence-electron chi connectivity index (χ2n) is 13.8. The lowest BCUT2D eigenvalue weighted by Crippen LogP contribution is -2.83. The molecule has 7 atom stereocenters. The first-order valence-electron chi connectivity index (χ1n) is 13.6. The Morgan fingerprint density at radius 3 is 2.59 bits per heavy atom. The Labute approximate surface area is 203 Å². The molecule has 8 rings (SSSR count). The summed E-state index contributed by atoms with van der Waals surface area (Å²) in [5.41, 5.74) is 0.783. The molecule has 0 aromatic heterocycles. The molecule has 186 valence electrons. The van der Waals surface area contributed by atoms with Crippen LogP contribution in [0.25, 0.3) is 0 Å². The number of fused-ring (bicyclic) bond motifs is 2. The Bertz CT molecular complexity index is 1060. The highest BCUT2D eigenvalue weighted by Crippen LogP contribution is 2.78. The maximum absolute atomic E-state index is 12.2. The topological polar surface area (TPSA) is 62.2 Å². The molecule has 5 aliphatic carbocycles. The van der Waals surface area contributed by atoms with Gasteiger partial charge in [-0.3, -0.25) is 4.90 Å². The highest BCUT2D eigenvalue weighted by atomic mass is 16.6. The van der Waals surface area contributed by atoms with Gasteiger partial charge in [-0.25, -0.2) is 0 Å². The van der Waals surface area contributed by atoms with Gasteiger partial charge in [-0.05, 0) is 81.4 Å². The highest BCUT2D eigenvalue weighted by Gasteiger charge is 2.82. The summed E-state index contributed by atoms with van der Waals surface area (Å²) >= 11 is 0. The van der Waals surface area contributed by atoms with Gasteiger partial charge in [-0.2, -0.15) is 0 Å². The smallest absolute Gasteiger partial charge is 0.165 e. The number of ether oxygens (including phenoxy) is 2. The zero-order valence-electron chi connectivity index (χ0n) is 21.5. The average Bonchev–Trinajstić information content (AvgIpc) is 3.53. The molecule has 2 N–H and O–H groups in total. The Balaban J connectivity index is 1.47. The molecule has 7 aliphatic rings. The average molecular weight is 468 g/mol. The summed E-state index contributed by atoms with van der Waals surface area (Å²) in [6.45, 7) is 10.8. The minimum atomic E-state index is -0.909. The van der Waals surface area contributed by atoms with Crippen molar-refractivity contribution in [1.82, 2.24) is 4.90 Å². The Morgan fingerprint density at radius 2 is 1.91 bits per heavy atom. The van der Waals surface area contributed by atoms with Crippen molar-refractivity contribution in [2.45, 2.75) is 101 Å². The Kier molecular flexibility index (Phi) is 4.08. The minimum Gasteiger partial charge on any atom is -0.504 e. The molecule has 5 nitrogen and oxygen atoms in total. The summed E-state index contributed by atoms with van der Waals surface area (Å²) in [6.07, 6.45) is 7.64. The lowest BCUT2D eigenvalue weighted by molar-refractivity contribution is -0.312. The van der Waals surface area contributed by atoms with Crippen LogP contribution in [0, 0.1) is 22.7 Å². The predicted octanol–water partition coefficient (Wildman–Crippen LogP) is 4.41. The molecule has 2 heterocycles. The summed E-state index contributed by atoms with van der Waals surface area (Å²) in [7, 11) is 1.83. The van der Waals surface area contributed by atoms with Crippen LogP contribution >= 0.6 is 0 Å². The third-order valence-electron chi connectivity index (χ3n) is 11.9. The first kappa shape index (κ1) is 21.9. The van der Waals surface area contributed by atoms with E-state index in [0.717, 1.165) is 44.6 Å². The molecule has 4 unspecified atom stereocenters. The van der Waals surface area contributed by atoms with Crippen molar-refractivity contribution >= 4 is 0 Å². The van der Waals surface area contributed by atoms with E-state index in [2.05, 4.69) is 31.7 Å². The van der Waals surface area contributed by atoms with E-state index in [1.165, 1.54) is 30.5 Å². The van der Waals surface area contributed by atoms with Gasteiger partial charge in [0.15, 0.2) is 11.5 Å². The van der Waals surface area contributed by atoms with Crippen LogP contribution in [-0.4, -0.2) is 58.7 Å². The maximum Gasteiger partial charge on any atom is 0.165 e. The van der Waals surface area contributed by atoms with Crippen molar-refractivity contribution < 1.29 is 19.7 Å². The molecule has 34 heavy (non-hydrogen) atoms. The van der Waals surface area contributed by atoms with Crippen LogP contribution in [0.1, 0.15) is 77.3 Å². The van der Waals surface area contributed by atoms with Gasteiger partial charge in [-0.1, -0.05) is 26.8 Å². The third kappa shape index (κ3) is 2.25. The minimum absolute atomic E-state index is 0.0294. The first-order valence-corrected chi connectivity index (χ1v) is 13.6. The van der Waals surface area contributed by atoms with E-state index in [4.69, 9.17) is 9.47 Å². The van der Waals surface area contributed by atoms with Gasteiger partial charge in [0.05, 0.1) is 5.60 Å².